The number of carbonyl (C=O) groups is 2. The Morgan fingerprint density at radius 3 is 2.48 bits per heavy atom. The Hall–Kier alpha value is -2.53. The molecule has 1 atom stereocenters. The summed E-state index contributed by atoms with van der Waals surface area (Å²) in [6.07, 6.45) is -0.895. The Morgan fingerprint density at radius 1 is 1.13 bits per heavy atom. The molecule has 0 bridgehead atoms. The lowest BCUT2D eigenvalue weighted by atomic mass is 10.2. The third-order valence-corrected chi connectivity index (χ3v) is 3.35. The van der Waals surface area contributed by atoms with Crippen LogP contribution >= 0.6 is 11.6 Å². The maximum absolute atomic E-state index is 12.1. The fourth-order valence-corrected chi connectivity index (χ4v) is 2.05. The number of hydrogen-bond acceptors (Lipinski definition) is 4. The number of carboxylic acids is 1. The van der Waals surface area contributed by atoms with Gasteiger partial charge >= 0.3 is 11.9 Å². The summed E-state index contributed by atoms with van der Waals surface area (Å²) in [5.41, 5.74) is 0.693. The molecule has 0 aromatic heterocycles. The molecule has 0 amide bonds. The SMILES string of the molecule is Cc1ccccc1OC(C)C(=O)Oc1ccc(Cl)cc1C(=O)O. The van der Waals surface area contributed by atoms with Crippen molar-refractivity contribution in [2.75, 3.05) is 0 Å². The predicted molar refractivity (Wildman–Crippen MR) is 85.3 cm³/mol. The van der Waals surface area contributed by atoms with Crippen LogP contribution < -0.4 is 9.47 Å². The molecule has 5 nitrogen and oxygen atoms in total. The van der Waals surface area contributed by atoms with E-state index in [-0.39, 0.29) is 16.3 Å². The number of aryl methyl sites for hydroxylation is 1. The van der Waals surface area contributed by atoms with Crippen LogP contribution in [0.15, 0.2) is 42.5 Å². The van der Waals surface area contributed by atoms with Crippen molar-refractivity contribution in [3.63, 3.8) is 0 Å². The number of carbonyl (C=O) groups excluding carboxylic acids is 1. The molecule has 0 aliphatic rings. The molecule has 6 heteroatoms. The summed E-state index contributed by atoms with van der Waals surface area (Å²) in [7, 11) is 0. The van der Waals surface area contributed by atoms with E-state index in [4.69, 9.17) is 26.2 Å². The van der Waals surface area contributed by atoms with Gasteiger partial charge in [-0.25, -0.2) is 9.59 Å². The zero-order valence-corrected chi connectivity index (χ0v) is 13.3. The molecule has 1 N–H and O–H groups in total. The summed E-state index contributed by atoms with van der Waals surface area (Å²) in [4.78, 5) is 23.3. The fourth-order valence-electron chi connectivity index (χ4n) is 1.88. The van der Waals surface area contributed by atoms with Crippen LogP contribution in [0.4, 0.5) is 0 Å². The van der Waals surface area contributed by atoms with Crippen LogP contribution in [0.3, 0.4) is 0 Å². The molecule has 23 heavy (non-hydrogen) atoms. The Kier molecular flexibility index (Phi) is 5.24. The summed E-state index contributed by atoms with van der Waals surface area (Å²) in [6.45, 7) is 3.39. The van der Waals surface area contributed by atoms with Gasteiger partial charge in [0, 0.05) is 5.02 Å². The molecule has 0 heterocycles. The number of rotatable bonds is 5. The van der Waals surface area contributed by atoms with E-state index >= 15 is 0 Å². The van der Waals surface area contributed by atoms with E-state index in [0.29, 0.717) is 5.75 Å². The Balaban J connectivity index is 2.13. The maximum atomic E-state index is 12.1. The first-order chi connectivity index (χ1) is 10.9. The second-order valence-electron chi connectivity index (χ2n) is 4.89. The van der Waals surface area contributed by atoms with Crippen molar-refractivity contribution in [3.8, 4) is 11.5 Å². The third-order valence-electron chi connectivity index (χ3n) is 3.11. The molecule has 0 aliphatic carbocycles. The first kappa shape index (κ1) is 16.8. The van der Waals surface area contributed by atoms with Gasteiger partial charge in [-0.05, 0) is 43.7 Å². The van der Waals surface area contributed by atoms with Gasteiger partial charge < -0.3 is 14.6 Å². The molecule has 0 fully saturated rings. The predicted octanol–water partition coefficient (Wildman–Crippen LogP) is 3.72. The summed E-state index contributed by atoms with van der Waals surface area (Å²) in [6, 6.07) is 11.3. The summed E-state index contributed by atoms with van der Waals surface area (Å²) < 4.78 is 10.7. The second-order valence-corrected chi connectivity index (χ2v) is 5.33. The highest BCUT2D eigenvalue weighted by Gasteiger charge is 2.21. The highest BCUT2D eigenvalue weighted by Crippen LogP contribution is 2.24. The molecule has 2 aromatic carbocycles. The summed E-state index contributed by atoms with van der Waals surface area (Å²) >= 11 is 5.76. The molecule has 2 aromatic rings. The lowest BCUT2D eigenvalue weighted by molar-refractivity contribution is -0.141. The van der Waals surface area contributed by atoms with E-state index < -0.39 is 18.0 Å². The molecule has 2 rings (SSSR count). The van der Waals surface area contributed by atoms with Gasteiger partial charge in [-0.1, -0.05) is 29.8 Å². The van der Waals surface area contributed by atoms with E-state index in [2.05, 4.69) is 0 Å². The van der Waals surface area contributed by atoms with Crippen molar-refractivity contribution >= 4 is 23.5 Å². The van der Waals surface area contributed by atoms with Crippen LogP contribution in [-0.2, 0) is 4.79 Å². The van der Waals surface area contributed by atoms with Crippen LogP contribution in [0.2, 0.25) is 5.02 Å². The highest BCUT2D eigenvalue weighted by atomic mass is 35.5. The van der Waals surface area contributed by atoms with E-state index in [1.54, 1.807) is 12.1 Å². The van der Waals surface area contributed by atoms with Crippen molar-refractivity contribution < 1.29 is 24.2 Å². The first-order valence-electron chi connectivity index (χ1n) is 6.85. The minimum atomic E-state index is -1.23. The molecule has 0 saturated heterocycles. The number of halogens is 1. The van der Waals surface area contributed by atoms with Gasteiger partial charge in [-0.15, -0.1) is 0 Å². The highest BCUT2D eigenvalue weighted by molar-refractivity contribution is 6.31. The minimum absolute atomic E-state index is 0.0767. The number of aromatic carboxylic acids is 1. The van der Waals surface area contributed by atoms with E-state index in [1.807, 2.05) is 19.1 Å². The molecule has 120 valence electrons. The van der Waals surface area contributed by atoms with Crippen molar-refractivity contribution in [3.05, 3.63) is 58.6 Å². The molecule has 0 spiro atoms. The average molecular weight is 335 g/mol. The largest absolute Gasteiger partial charge is 0.479 e. The van der Waals surface area contributed by atoms with Crippen LogP contribution in [-0.4, -0.2) is 23.1 Å². The lowest BCUT2D eigenvalue weighted by Crippen LogP contribution is -2.29. The monoisotopic (exact) mass is 334 g/mol. The zero-order chi connectivity index (χ0) is 17.0. The van der Waals surface area contributed by atoms with Crippen molar-refractivity contribution in [2.45, 2.75) is 20.0 Å². The van der Waals surface area contributed by atoms with Gasteiger partial charge in [0.2, 0.25) is 0 Å². The zero-order valence-electron chi connectivity index (χ0n) is 12.6. The number of carboxylic acid groups (broad SMARTS) is 1. The topological polar surface area (TPSA) is 72.8 Å². The van der Waals surface area contributed by atoms with Gasteiger partial charge in [0.05, 0.1) is 0 Å². The minimum Gasteiger partial charge on any atom is -0.479 e. The van der Waals surface area contributed by atoms with Crippen LogP contribution in [0.25, 0.3) is 0 Å². The number of hydrogen-bond donors (Lipinski definition) is 1. The van der Waals surface area contributed by atoms with Gasteiger partial charge in [0.1, 0.15) is 17.1 Å². The molecular weight excluding hydrogens is 320 g/mol. The average Bonchev–Trinajstić information content (AvgIpc) is 2.51. The van der Waals surface area contributed by atoms with E-state index in [9.17, 15) is 9.59 Å². The Morgan fingerprint density at radius 2 is 1.83 bits per heavy atom. The van der Waals surface area contributed by atoms with E-state index in [1.165, 1.54) is 25.1 Å². The number of benzene rings is 2. The maximum Gasteiger partial charge on any atom is 0.352 e. The number of esters is 1. The van der Waals surface area contributed by atoms with Gasteiger partial charge in [0.15, 0.2) is 6.10 Å². The van der Waals surface area contributed by atoms with E-state index in [0.717, 1.165) is 5.56 Å². The normalized spacial score (nSPS) is 11.6. The molecule has 0 radical (unpaired) electrons. The summed E-state index contributed by atoms with van der Waals surface area (Å²) in [5, 5.41) is 9.37. The molecule has 1 unspecified atom stereocenters. The van der Waals surface area contributed by atoms with Gasteiger partial charge in [-0.2, -0.15) is 0 Å². The standard InChI is InChI=1S/C17H15ClO5/c1-10-5-3-4-6-14(10)22-11(2)17(21)23-15-8-7-12(18)9-13(15)16(19)20/h3-9,11H,1-2H3,(H,19,20). The third kappa shape index (κ3) is 4.23. The van der Waals surface area contributed by atoms with Crippen LogP contribution in [0.5, 0.6) is 11.5 Å². The van der Waals surface area contributed by atoms with Crippen molar-refractivity contribution in [2.24, 2.45) is 0 Å². The second kappa shape index (κ2) is 7.15. The quantitative estimate of drug-likeness (QED) is 0.666. The summed E-state index contributed by atoms with van der Waals surface area (Å²) in [5.74, 6) is -1.44. The van der Waals surface area contributed by atoms with Gasteiger partial charge in [0.25, 0.3) is 0 Å². The van der Waals surface area contributed by atoms with Gasteiger partial charge in [-0.3, -0.25) is 0 Å². The fraction of sp³-hybridized carbons (Fsp3) is 0.176. The molecular formula is C17H15ClO5. The number of para-hydroxylation sites is 1. The molecule has 0 aliphatic heterocycles. The Bertz CT molecular complexity index is 742. The van der Waals surface area contributed by atoms with Crippen LogP contribution in [0.1, 0.15) is 22.8 Å². The number of ether oxygens (including phenoxy) is 2. The molecule has 0 saturated carbocycles. The smallest absolute Gasteiger partial charge is 0.352 e. The lowest BCUT2D eigenvalue weighted by Gasteiger charge is -2.16. The van der Waals surface area contributed by atoms with Crippen LogP contribution in [0, 0.1) is 6.92 Å². The van der Waals surface area contributed by atoms with Crippen molar-refractivity contribution in [1.82, 2.24) is 0 Å². The Labute approximate surface area is 138 Å². The first-order valence-corrected chi connectivity index (χ1v) is 7.23. The van der Waals surface area contributed by atoms with Crippen molar-refractivity contribution in [1.29, 1.82) is 0 Å².